The average molecular weight is 327 g/mol. The molecular formula is C16H20Cl2N2O. The van der Waals surface area contributed by atoms with Crippen molar-refractivity contribution in [2.45, 2.75) is 50.1 Å². The zero-order valence-corrected chi connectivity index (χ0v) is 13.3. The number of nitrogens with two attached hydrogens (primary N) is 1. The summed E-state index contributed by atoms with van der Waals surface area (Å²) < 4.78 is 0. The second-order valence-electron chi connectivity index (χ2n) is 6.21. The highest BCUT2D eigenvalue weighted by Gasteiger charge is 2.45. The van der Waals surface area contributed by atoms with Crippen molar-refractivity contribution in [2.24, 2.45) is 11.7 Å². The predicted molar refractivity (Wildman–Crippen MR) is 85.7 cm³/mol. The van der Waals surface area contributed by atoms with E-state index < -0.39 is 0 Å². The molecule has 0 radical (unpaired) electrons. The van der Waals surface area contributed by atoms with E-state index in [-0.39, 0.29) is 23.8 Å². The molecule has 3 rings (SSSR count). The van der Waals surface area contributed by atoms with Gasteiger partial charge < -0.3 is 11.1 Å². The van der Waals surface area contributed by atoms with Crippen molar-refractivity contribution >= 4 is 29.1 Å². The van der Waals surface area contributed by atoms with Crippen LogP contribution in [0.5, 0.6) is 0 Å². The molecule has 1 amide bonds. The lowest BCUT2D eigenvalue weighted by Crippen LogP contribution is -2.41. The fourth-order valence-electron chi connectivity index (χ4n) is 3.21. The van der Waals surface area contributed by atoms with Crippen LogP contribution in [0.1, 0.15) is 43.6 Å². The Morgan fingerprint density at radius 2 is 1.90 bits per heavy atom. The third-order valence-corrected chi connectivity index (χ3v) is 5.46. The van der Waals surface area contributed by atoms with E-state index in [1.807, 2.05) is 12.1 Å². The second kappa shape index (κ2) is 6.15. The van der Waals surface area contributed by atoms with E-state index in [1.165, 1.54) is 0 Å². The largest absolute Gasteiger partial charge is 0.353 e. The Balaban J connectivity index is 1.57. The summed E-state index contributed by atoms with van der Waals surface area (Å²) in [7, 11) is 0. The van der Waals surface area contributed by atoms with Crippen LogP contribution in [0.25, 0.3) is 0 Å². The molecule has 3 nitrogen and oxygen atoms in total. The van der Waals surface area contributed by atoms with Crippen LogP contribution in [-0.2, 0) is 4.79 Å². The average Bonchev–Trinajstić information content (AvgIpc) is 3.25. The van der Waals surface area contributed by atoms with Gasteiger partial charge in [0.15, 0.2) is 0 Å². The first-order valence-electron chi connectivity index (χ1n) is 7.56. The summed E-state index contributed by atoms with van der Waals surface area (Å²) in [4.78, 5) is 12.3. The van der Waals surface area contributed by atoms with Gasteiger partial charge in [0.25, 0.3) is 0 Å². The van der Waals surface area contributed by atoms with Crippen molar-refractivity contribution in [1.82, 2.24) is 5.32 Å². The Morgan fingerprint density at radius 1 is 1.19 bits per heavy atom. The molecule has 0 aliphatic heterocycles. The fraction of sp³-hybridized carbons (Fsp3) is 0.562. The maximum atomic E-state index is 12.3. The fourth-order valence-corrected chi connectivity index (χ4v) is 3.66. The second-order valence-corrected chi connectivity index (χ2v) is 7.00. The summed E-state index contributed by atoms with van der Waals surface area (Å²) in [5.41, 5.74) is 6.88. The number of amides is 1. The van der Waals surface area contributed by atoms with E-state index in [0.717, 1.165) is 37.7 Å². The third-order valence-electron chi connectivity index (χ3n) is 4.63. The molecule has 2 aliphatic rings. The number of nitrogens with one attached hydrogen (secondary N) is 1. The van der Waals surface area contributed by atoms with Gasteiger partial charge in [0.1, 0.15) is 0 Å². The topological polar surface area (TPSA) is 55.1 Å². The van der Waals surface area contributed by atoms with E-state index in [0.29, 0.717) is 16.1 Å². The quantitative estimate of drug-likeness (QED) is 0.893. The molecule has 0 heterocycles. The first kappa shape index (κ1) is 15.1. The van der Waals surface area contributed by atoms with Crippen LogP contribution in [0.3, 0.4) is 0 Å². The van der Waals surface area contributed by atoms with Crippen molar-refractivity contribution in [3.05, 3.63) is 33.8 Å². The van der Waals surface area contributed by atoms with Crippen molar-refractivity contribution in [1.29, 1.82) is 0 Å². The zero-order chi connectivity index (χ0) is 15.0. The maximum Gasteiger partial charge on any atom is 0.223 e. The van der Waals surface area contributed by atoms with Crippen LogP contribution in [0.15, 0.2) is 18.2 Å². The van der Waals surface area contributed by atoms with Gasteiger partial charge in [-0.15, -0.1) is 0 Å². The summed E-state index contributed by atoms with van der Waals surface area (Å²) in [5.74, 6) is 0.398. The minimum Gasteiger partial charge on any atom is -0.353 e. The van der Waals surface area contributed by atoms with Crippen LogP contribution >= 0.6 is 23.2 Å². The van der Waals surface area contributed by atoms with Gasteiger partial charge in [-0.25, -0.2) is 0 Å². The van der Waals surface area contributed by atoms with Crippen LogP contribution in [0.2, 0.25) is 10.0 Å². The first-order chi connectivity index (χ1) is 10.1. The molecule has 1 aromatic rings. The molecule has 3 N–H and O–H groups in total. The van der Waals surface area contributed by atoms with Gasteiger partial charge in [0.05, 0.1) is 10.0 Å². The molecular weight excluding hydrogens is 307 g/mol. The molecule has 5 heteroatoms. The Hall–Kier alpha value is -0.770. The third kappa shape index (κ3) is 3.36. The van der Waals surface area contributed by atoms with Crippen LogP contribution in [0, 0.1) is 5.92 Å². The van der Waals surface area contributed by atoms with Crippen molar-refractivity contribution < 1.29 is 4.79 Å². The van der Waals surface area contributed by atoms with E-state index in [9.17, 15) is 4.79 Å². The smallest absolute Gasteiger partial charge is 0.223 e. The molecule has 0 aromatic heterocycles. The molecule has 0 bridgehead atoms. The lowest BCUT2D eigenvalue weighted by atomic mass is 9.91. The van der Waals surface area contributed by atoms with E-state index in [4.69, 9.17) is 28.9 Å². The van der Waals surface area contributed by atoms with Crippen molar-refractivity contribution in [2.75, 3.05) is 0 Å². The molecule has 2 unspecified atom stereocenters. The molecule has 2 saturated carbocycles. The van der Waals surface area contributed by atoms with E-state index in [2.05, 4.69) is 5.32 Å². The van der Waals surface area contributed by atoms with Gasteiger partial charge in [-0.05, 0) is 49.7 Å². The molecule has 0 spiro atoms. The van der Waals surface area contributed by atoms with Gasteiger partial charge in [-0.2, -0.15) is 0 Å². The van der Waals surface area contributed by atoms with Gasteiger partial charge in [-0.3, -0.25) is 4.79 Å². The van der Waals surface area contributed by atoms with Crippen LogP contribution in [-0.4, -0.2) is 18.0 Å². The summed E-state index contributed by atoms with van der Waals surface area (Å²) in [6, 6.07) is 6.21. The van der Waals surface area contributed by atoms with Crippen LogP contribution < -0.4 is 11.1 Å². The lowest BCUT2D eigenvalue weighted by Gasteiger charge is -2.26. The SMILES string of the molecule is NC1CCC(NC(=O)C2CC2c2cccc(Cl)c2Cl)CC1. The Kier molecular flexibility index (Phi) is 4.43. The molecule has 2 fully saturated rings. The number of carbonyl (C=O) groups is 1. The highest BCUT2D eigenvalue weighted by atomic mass is 35.5. The number of carbonyl (C=O) groups excluding carboxylic acids is 1. The summed E-state index contributed by atoms with van der Waals surface area (Å²) in [6.07, 6.45) is 4.83. The predicted octanol–water partition coefficient (Wildman–Crippen LogP) is 3.48. The molecule has 1 aromatic carbocycles. The zero-order valence-electron chi connectivity index (χ0n) is 11.8. The van der Waals surface area contributed by atoms with Crippen LogP contribution in [0.4, 0.5) is 0 Å². The molecule has 114 valence electrons. The maximum absolute atomic E-state index is 12.3. The summed E-state index contributed by atoms with van der Waals surface area (Å²) >= 11 is 12.3. The molecule has 2 atom stereocenters. The number of benzene rings is 1. The summed E-state index contributed by atoms with van der Waals surface area (Å²) in [5, 5.41) is 4.31. The summed E-state index contributed by atoms with van der Waals surface area (Å²) in [6.45, 7) is 0. The molecule has 21 heavy (non-hydrogen) atoms. The van der Waals surface area contributed by atoms with E-state index >= 15 is 0 Å². The Labute approximate surface area is 135 Å². The van der Waals surface area contributed by atoms with E-state index in [1.54, 1.807) is 6.07 Å². The molecule has 2 aliphatic carbocycles. The first-order valence-corrected chi connectivity index (χ1v) is 8.31. The lowest BCUT2D eigenvalue weighted by molar-refractivity contribution is -0.123. The minimum atomic E-state index is 0.0385. The van der Waals surface area contributed by atoms with Gasteiger partial charge in [0.2, 0.25) is 5.91 Å². The highest BCUT2D eigenvalue weighted by Crippen LogP contribution is 2.50. The molecule has 0 saturated heterocycles. The number of hydrogen-bond donors (Lipinski definition) is 2. The van der Waals surface area contributed by atoms with Crippen molar-refractivity contribution in [3.8, 4) is 0 Å². The highest BCUT2D eigenvalue weighted by molar-refractivity contribution is 6.42. The Bertz CT molecular complexity index is 541. The van der Waals surface area contributed by atoms with Gasteiger partial charge in [0, 0.05) is 18.0 Å². The van der Waals surface area contributed by atoms with Gasteiger partial charge in [-0.1, -0.05) is 35.3 Å². The minimum absolute atomic E-state index is 0.0385. The van der Waals surface area contributed by atoms with Gasteiger partial charge >= 0.3 is 0 Å². The Morgan fingerprint density at radius 3 is 2.62 bits per heavy atom. The normalized spacial score (nSPS) is 31.8. The number of halogens is 2. The van der Waals surface area contributed by atoms with Crippen molar-refractivity contribution in [3.63, 3.8) is 0 Å². The number of hydrogen-bond acceptors (Lipinski definition) is 2. The standard InChI is InChI=1S/C16H20Cl2N2O/c17-14-3-1-2-11(15(14)18)12-8-13(12)16(21)20-10-6-4-9(19)5-7-10/h1-3,9-10,12-13H,4-8,19H2,(H,20,21). The number of rotatable bonds is 3. The monoisotopic (exact) mass is 326 g/mol.